The van der Waals surface area contributed by atoms with Crippen molar-refractivity contribution in [2.45, 2.75) is 30.7 Å². The molecule has 3 unspecified atom stereocenters. The molecule has 0 spiro atoms. The Morgan fingerprint density at radius 1 is 1.71 bits per heavy atom. The zero-order valence-corrected chi connectivity index (χ0v) is 12.2. The molecule has 0 aliphatic carbocycles. The SMILES string of the molecule is COB1CCCC2CN(C(=O)C(N)CO)CC2(N)C(=O)O1. The van der Waals surface area contributed by atoms with E-state index in [4.69, 9.17) is 25.9 Å². The van der Waals surface area contributed by atoms with E-state index in [9.17, 15) is 9.59 Å². The molecule has 3 atom stereocenters. The Bertz CT molecular complexity index is 424. The van der Waals surface area contributed by atoms with Crippen LogP contribution in [0.1, 0.15) is 12.8 Å². The van der Waals surface area contributed by atoms with Gasteiger partial charge in [-0.15, -0.1) is 0 Å². The number of aliphatic hydroxyl groups is 1. The predicted molar refractivity (Wildman–Crippen MR) is 74.9 cm³/mol. The van der Waals surface area contributed by atoms with Crippen molar-refractivity contribution in [3.63, 3.8) is 0 Å². The number of hydrogen-bond acceptors (Lipinski definition) is 7. The summed E-state index contributed by atoms with van der Waals surface area (Å²) < 4.78 is 10.4. The summed E-state index contributed by atoms with van der Waals surface area (Å²) in [5.41, 5.74) is 10.6. The van der Waals surface area contributed by atoms with Crippen molar-refractivity contribution < 1.29 is 24.0 Å². The van der Waals surface area contributed by atoms with Gasteiger partial charge in [-0.25, -0.2) is 0 Å². The van der Waals surface area contributed by atoms with Crippen LogP contribution < -0.4 is 11.5 Å². The number of carbonyl (C=O) groups excluding carboxylic acids is 2. The third kappa shape index (κ3) is 3.05. The molecule has 2 saturated heterocycles. The molecule has 9 heteroatoms. The van der Waals surface area contributed by atoms with Crippen molar-refractivity contribution in [1.29, 1.82) is 0 Å². The molecule has 2 fully saturated rings. The zero-order valence-electron chi connectivity index (χ0n) is 12.2. The molecular formula is C12H22BN3O5. The van der Waals surface area contributed by atoms with Crippen LogP contribution in [0.3, 0.4) is 0 Å². The second-order valence-corrected chi connectivity index (χ2v) is 5.75. The number of nitrogens with two attached hydrogens (primary N) is 2. The number of hydrogen-bond donors (Lipinski definition) is 3. The number of aliphatic hydroxyl groups excluding tert-OH is 1. The Kier molecular flexibility index (Phi) is 4.87. The lowest BCUT2D eigenvalue weighted by atomic mass is 9.75. The van der Waals surface area contributed by atoms with E-state index < -0.39 is 37.2 Å². The first-order valence-corrected chi connectivity index (χ1v) is 7.10. The van der Waals surface area contributed by atoms with Crippen LogP contribution in [0.4, 0.5) is 0 Å². The van der Waals surface area contributed by atoms with E-state index in [-0.39, 0.29) is 12.5 Å². The van der Waals surface area contributed by atoms with E-state index in [0.29, 0.717) is 19.3 Å². The van der Waals surface area contributed by atoms with Crippen molar-refractivity contribution in [1.82, 2.24) is 4.90 Å². The monoisotopic (exact) mass is 299 g/mol. The molecule has 2 rings (SSSR count). The Morgan fingerprint density at radius 3 is 3.05 bits per heavy atom. The molecule has 1 amide bonds. The Morgan fingerprint density at radius 2 is 2.43 bits per heavy atom. The molecular weight excluding hydrogens is 277 g/mol. The van der Waals surface area contributed by atoms with Gasteiger partial charge in [0.15, 0.2) is 0 Å². The van der Waals surface area contributed by atoms with Gasteiger partial charge in [-0.05, 0) is 12.7 Å². The van der Waals surface area contributed by atoms with Gasteiger partial charge >= 0.3 is 13.1 Å². The van der Waals surface area contributed by atoms with Crippen LogP contribution in [-0.2, 0) is 18.9 Å². The first-order chi connectivity index (χ1) is 9.92. The van der Waals surface area contributed by atoms with Gasteiger partial charge in [-0.1, -0.05) is 6.42 Å². The normalized spacial score (nSPS) is 31.2. The minimum Gasteiger partial charge on any atom is -0.508 e. The van der Waals surface area contributed by atoms with Gasteiger partial charge in [0.2, 0.25) is 5.91 Å². The fraction of sp³-hybridized carbons (Fsp3) is 0.833. The molecule has 0 bridgehead atoms. The quantitative estimate of drug-likeness (QED) is 0.511. The van der Waals surface area contributed by atoms with E-state index in [2.05, 4.69) is 0 Å². The number of nitrogens with zero attached hydrogens (tertiary/aromatic N) is 1. The highest BCUT2D eigenvalue weighted by molar-refractivity contribution is 6.47. The third-order valence-corrected chi connectivity index (χ3v) is 4.32. The first kappa shape index (κ1) is 16.2. The summed E-state index contributed by atoms with van der Waals surface area (Å²) in [4.78, 5) is 25.8. The van der Waals surface area contributed by atoms with Crippen molar-refractivity contribution in [2.75, 3.05) is 26.8 Å². The van der Waals surface area contributed by atoms with Crippen LogP contribution in [-0.4, -0.2) is 67.4 Å². The number of carbonyl (C=O) groups is 2. The maximum atomic E-state index is 12.3. The average Bonchev–Trinajstić information content (AvgIpc) is 2.81. The van der Waals surface area contributed by atoms with Crippen LogP contribution in [0.2, 0.25) is 6.32 Å². The van der Waals surface area contributed by atoms with Crippen LogP contribution >= 0.6 is 0 Å². The molecule has 0 aromatic heterocycles. The molecule has 5 N–H and O–H groups in total. The highest BCUT2D eigenvalue weighted by Crippen LogP contribution is 2.33. The summed E-state index contributed by atoms with van der Waals surface area (Å²) >= 11 is 0. The van der Waals surface area contributed by atoms with E-state index in [1.165, 1.54) is 12.0 Å². The summed E-state index contributed by atoms with van der Waals surface area (Å²) in [5.74, 6) is -1.12. The summed E-state index contributed by atoms with van der Waals surface area (Å²) in [7, 11) is 0.883. The van der Waals surface area contributed by atoms with Crippen LogP contribution in [0.5, 0.6) is 0 Å². The minimum atomic E-state index is -1.23. The summed E-state index contributed by atoms with van der Waals surface area (Å²) in [6.45, 7) is -0.0248. The number of rotatable bonds is 3. The van der Waals surface area contributed by atoms with Gasteiger partial charge in [-0.2, -0.15) is 0 Å². The number of fused-ring (bicyclic) bond motifs is 1. The number of amides is 1. The lowest BCUT2D eigenvalue weighted by molar-refractivity contribution is -0.143. The first-order valence-electron chi connectivity index (χ1n) is 7.10. The zero-order chi connectivity index (χ0) is 15.6. The van der Waals surface area contributed by atoms with E-state index in [1.54, 1.807) is 0 Å². The molecule has 0 saturated carbocycles. The van der Waals surface area contributed by atoms with Crippen molar-refractivity contribution in [2.24, 2.45) is 17.4 Å². The maximum absolute atomic E-state index is 12.3. The van der Waals surface area contributed by atoms with Gasteiger partial charge in [0, 0.05) is 26.1 Å². The van der Waals surface area contributed by atoms with Gasteiger partial charge in [0.1, 0.15) is 11.6 Å². The van der Waals surface area contributed by atoms with E-state index >= 15 is 0 Å². The minimum absolute atomic E-state index is 0.0550. The maximum Gasteiger partial charge on any atom is 0.527 e. The molecule has 2 aliphatic heterocycles. The molecule has 2 aliphatic rings. The summed E-state index contributed by atoms with van der Waals surface area (Å²) in [6.07, 6.45) is 2.12. The second kappa shape index (κ2) is 6.31. The molecule has 8 nitrogen and oxygen atoms in total. The van der Waals surface area contributed by atoms with E-state index in [1.807, 2.05) is 0 Å². The lowest BCUT2D eigenvalue weighted by Gasteiger charge is -2.31. The fourth-order valence-electron chi connectivity index (χ4n) is 2.98. The number of likely N-dealkylation sites (tertiary alicyclic amines) is 1. The lowest BCUT2D eigenvalue weighted by Crippen LogP contribution is -2.58. The van der Waals surface area contributed by atoms with Crippen LogP contribution in [0.15, 0.2) is 0 Å². The highest BCUT2D eigenvalue weighted by atomic mass is 16.6. The standard InChI is InChI=1S/C12H22BN3O5/c1-20-13-4-2-3-8-5-16(10(18)9(14)6-17)7-12(8,15)11(19)21-13/h8-9,17H,2-7,14-15H2,1H3. The smallest absolute Gasteiger partial charge is 0.508 e. The molecule has 0 aromatic rings. The topological polar surface area (TPSA) is 128 Å². The van der Waals surface area contributed by atoms with E-state index in [0.717, 1.165) is 6.42 Å². The Hall–Kier alpha value is -1.16. The summed E-state index contributed by atoms with van der Waals surface area (Å²) in [5, 5.41) is 8.98. The molecule has 2 heterocycles. The van der Waals surface area contributed by atoms with Crippen molar-refractivity contribution >= 4 is 19.0 Å². The molecule has 0 radical (unpaired) electrons. The fourth-order valence-corrected chi connectivity index (χ4v) is 2.98. The molecule has 118 valence electrons. The molecule has 0 aromatic carbocycles. The Balaban J connectivity index is 2.15. The predicted octanol–water partition coefficient (Wildman–Crippen LogP) is -2.07. The summed E-state index contributed by atoms with van der Waals surface area (Å²) in [6, 6.07) is -0.985. The largest absolute Gasteiger partial charge is 0.527 e. The van der Waals surface area contributed by atoms with Crippen LogP contribution in [0.25, 0.3) is 0 Å². The van der Waals surface area contributed by atoms with Gasteiger partial charge < -0.3 is 30.8 Å². The van der Waals surface area contributed by atoms with Gasteiger partial charge in [0.25, 0.3) is 0 Å². The van der Waals surface area contributed by atoms with Crippen LogP contribution in [0, 0.1) is 5.92 Å². The third-order valence-electron chi connectivity index (χ3n) is 4.32. The van der Waals surface area contributed by atoms with Crippen molar-refractivity contribution in [3.8, 4) is 0 Å². The Labute approximate surface area is 123 Å². The highest BCUT2D eigenvalue weighted by Gasteiger charge is 2.53. The average molecular weight is 299 g/mol. The van der Waals surface area contributed by atoms with Gasteiger partial charge in [0.05, 0.1) is 6.61 Å². The van der Waals surface area contributed by atoms with Gasteiger partial charge in [-0.3, -0.25) is 9.59 Å². The van der Waals surface area contributed by atoms with Crippen molar-refractivity contribution in [3.05, 3.63) is 0 Å². The second-order valence-electron chi connectivity index (χ2n) is 5.75. The molecule has 21 heavy (non-hydrogen) atoms.